The summed E-state index contributed by atoms with van der Waals surface area (Å²) in [5, 5.41) is 8.54. The summed E-state index contributed by atoms with van der Waals surface area (Å²) in [4.78, 5) is 0. The Kier molecular flexibility index (Phi) is 5.01. The van der Waals surface area contributed by atoms with Crippen LogP contribution in [-0.2, 0) is 0 Å². The molecular weight excluding hydrogens is 326 g/mol. The van der Waals surface area contributed by atoms with Gasteiger partial charge in [-0.15, -0.1) is 10.2 Å². The summed E-state index contributed by atoms with van der Waals surface area (Å²) in [6, 6.07) is 8.19. The van der Waals surface area contributed by atoms with Gasteiger partial charge in [-0.05, 0) is 24.1 Å². The van der Waals surface area contributed by atoms with Gasteiger partial charge in [-0.1, -0.05) is 46.7 Å². The van der Waals surface area contributed by atoms with Gasteiger partial charge in [0, 0.05) is 17.4 Å². The third kappa shape index (κ3) is 3.81. The van der Waals surface area contributed by atoms with Gasteiger partial charge in [0.05, 0.1) is 5.25 Å². The zero-order chi connectivity index (χ0) is 13.8. The molecule has 0 aliphatic rings. The predicted molar refractivity (Wildman–Crippen MR) is 80.0 cm³/mol. The number of hydrogen-bond acceptors (Lipinski definition) is 5. The fourth-order valence-electron chi connectivity index (χ4n) is 1.73. The van der Waals surface area contributed by atoms with Crippen molar-refractivity contribution in [3.63, 3.8) is 0 Å². The van der Waals surface area contributed by atoms with Crippen LogP contribution < -0.4 is 5.73 Å². The SMILES string of the molecule is CCC(N)C(Sc1nnc(C)o1)c1cccc(Br)c1. The lowest BCUT2D eigenvalue weighted by molar-refractivity contribution is 0.427. The summed E-state index contributed by atoms with van der Waals surface area (Å²) in [5.74, 6) is 0.570. The average molecular weight is 342 g/mol. The average Bonchev–Trinajstić information content (AvgIpc) is 2.80. The van der Waals surface area contributed by atoms with Gasteiger partial charge < -0.3 is 10.2 Å². The first-order valence-corrected chi connectivity index (χ1v) is 7.75. The van der Waals surface area contributed by atoms with Gasteiger partial charge in [-0.2, -0.15) is 0 Å². The molecule has 0 bridgehead atoms. The molecule has 1 aromatic heterocycles. The van der Waals surface area contributed by atoms with Gasteiger partial charge in [-0.25, -0.2) is 0 Å². The van der Waals surface area contributed by atoms with Crippen LogP contribution in [0.25, 0.3) is 0 Å². The van der Waals surface area contributed by atoms with Crippen LogP contribution in [0.3, 0.4) is 0 Å². The minimum absolute atomic E-state index is 0.0338. The van der Waals surface area contributed by atoms with Crippen molar-refractivity contribution < 1.29 is 4.42 Å². The fourth-order valence-corrected chi connectivity index (χ4v) is 3.28. The van der Waals surface area contributed by atoms with Gasteiger partial charge in [0.1, 0.15) is 0 Å². The van der Waals surface area contributed by atoms with Crippen LogP contribution >= 0.6 is 27.7 Å². The summed E-state index contributed by atoms with van der Waals surface area (Å²) >= 11 is 5.01. The lowest BCUT2D eigenvalue weighted by Crippen LogP contribution is -2.25. The molecule has 0 spiro atoms. The van der Waals surface area contributed by atoms with E-state index < -0.39 is 0 Å². The van der Waals surface area contributed by atoms with Crippen LogP contribution in [0.5, 0.6) is 0 Å². The monoisotopic (exact) mass is 341 g/mol. The first kappa shape index (κ1) is 14.6. The number of nitrogens with two attached hydrogens (primary N) is 1. The quantitative estimate of drug-likeness (QED) is 0.839. The number of rotatable bonds is 5. The second-order valence-electron chi connectivity index (χ2n) is 4.25. The molecule has 2 unspecified atom stereocenters. The molecular formula is C13H16BrN3OS. The fraction of sp³-hybridized carbons (Fsp3) is 0.385. The van der Waals surface area contributed by atoms with Gasteiger partial charge in [-0.3, -0.25) is 0 Å². The van der Waals surface area contributed by atoms with E-state index in [1.165, 1.54) is 11.8 Å². The standard InChI is InChI=1S/C13H16BrN3OS/c1-3-11(15)12(9-5-4-6-10(14)7-9)19-13-17-16-8(2)18-13/h4-7,11-12H,3,15H2,1-2H3. The minimum atomic E-state index is 0.0338. The largest absolute Gasteiger partial charge is 0.416 e. The normalized spacial score (nSPS) is 14.3. The molecule has 4 nitrogen and oxygen atoms in total. The van der Waals surface area contributed by atoms with Crippen molar-refractivity contribution in [2.75, 3.05) is 0 Å². The summed E-state index contributed by atoms with van der Waals surface area (Å²) in [6.07, 6.45) is 0.886. The third-order valence-electron chi connectivity index (χ3n) is 2.77. The maximum Gasteiger partial charge on any atom is 0.277 e. The molecule has 0 amide bonds. The second-order valence-corrected chi connectivity index (χ2v) is 6.26. The van der Waals surface area contributed by atoms with E-state index in [-0.39, 0.29) is 11.3 Å². The van der Waals surface area contributed by atoms with Gasteiger partial charge in [0.25, 0.3) is 5.22 Å². The van der Waals surface area contributed by atoms with E-state index in [1.54, 1.807) is 6.92 Å². The van der Waals surface area contributed by atoms with E-state index in [4.69, 9.17) is 10.2 Å². The van der Waals surface area contributed by atoms with Crippen molar-refractivity contribution in [2.45, 2.75) is 36.8 Å². The first-order chi connectivity index (χ1) is 9.10. The van der Waals surface area contributed by atoms with Crippen LogP contribution in [0.1, 0.15) is 30.0 Å². The van der Waals surface area contributed by atoms with Crippen molar-refractivity contribution in [1.82, 2.24) is 10.2 Å². The summed E-state index contributed by atoms with van der Waals surface area (Å²) in [6.45, 7) is 3.86. The van der Waals surface area contributed by atoms with Crippen molar-refractivity contribution in [3.05, 3.63) is 40.2 Å². The Labute approximate surface area is 125 Å². The Hall–Kier alpha value is -0.850. The molecule has 102 valence electrons. The molecule has 0 radical (unpaired) electrons. The highest BCUT2D eigenvalue weighted by atomic mass is 79.9. The Balaban J connectivity index is 2.25. The van der Waals surface area contributed by atoms with Gasteiger partial charge in [0.15, 0.2) is 0 Å². The number of benzene rings is 1. The lowest BCUT2D eigenvalue weighted by Gasteiger charge is -2.21. The van der Waals surface area contributed by atoms with Crippen LogP contribution in [0, 0.1) is 6.92 Å². The highest BCUT2D eigenvalue weighted by molar-refractivity contribution is 9.10. The first-order valence-electron chi connectivity index (χ1n) is 6.08. The third-order valence-corrected chi connectivity index (χ3v) is 4.51. The highest BCUT2D eigenvalue weighted by Crippen LogP contribution is 2.38. The van der Waals surface area contributed by atoms with E-state index in [2.05, 4.69) is 45.2 Å². The number of aromatic nitrogens is 2. The molecule has 0 aliphatic heterocycles. The Morgan fingerprint density at radius 1 is 1.42 bits per heavy atom. The van der Waals surface area contributed by atoms with Crippen LogP contribution in [-0.4, -0.2) is 16.2 Å². The van der Waals surface area contributed by atoms with Crippen molar-refractivity contribution in [2.24, 2.45) is 5.73 Å². The van der Waals surface area contributed by atoms with Crippen molar-refractivity contribution in [3.8, 4) is 0 Å². The van der Waals surface area contributed by atoms with E-state index in [9.17, 15) is 0 Å². The highest BCUT2D eigenvalue weighted by Gasteiger charge is 2.22. The lowest BCUT2D eigenvalue weighted by atomic mass is 10.0. The Bertz CT molecular complexity index is 546. The Morgan fingerprint density at radius 3 is 2.79 bits per heavy atom. The maximum atomic E-state index is 6.23. The van der Waals surface area contributed by atoms with Gasteiger partial charge >= 0.3 is 0 Å². The topological polar surface area (TPSA) is 64.9 Å². The van der Waals surface area contributed by atoms with E-state index >= 15 is 0 Å². The number of thioether (sulfide) groups is 1. The molecule has 2 N–H and O–H groups in total. The molecule has 0 fully saturated rings. The number of nitrogens with zero attached hydrogens (tertiary/aromatic N) is 2. The minimum Gasteiger partial charge on any atom is -0.416 e. The second kappa shape index (κ2) is 6.54. The molecule has 0 saturated carbocycles. The van der Waals surface area contributed by atoms with E-state index in [0.717, 1.165) is 16.5 Å². The van der Waals surface area contributed by atoms with Crippen LogP contribution in [0.15, 0.2) is 38.4 Å². The number of halogens is 1. The van der Waals surface area contributed by atoms with E-state index in [1.807, 2.05) is 12.1 Å². The molecule has 1 heterocycles. The van der Waals surface area contributed by atoms with E-state index in [0.29, 0.717) is 11.1 Å². The summed E-state index contributed by atoms with van der Waals surface area (Å²) in [5.41, 5.74) is 7.38. The maximum absolute atomic E-state index is 6.23. The van der Waals surface area contributed by atoms with Crippen molar-refractivity contribution in [1.29, 1.82) is 0 Å². The number of hydrogen-bond donors (Lipinski definition) is 1. The zero-order valence-corrected chi connectivity index (χ0v) is 13.2. The molecule has 2 atom stereocenters. The van der Waals surface area contributed by atoms with Crippen LogP contribution in [0.2, 0.25) is 0 Å². The molecule has 19 heavy (non-hydrogen) atoms. The molecule has 2 rings (SSSR count). The van der Waals surface area contributed by atoms with Gasteiger partial charge in [0.2, 0.25) is 5.89 Å². The molecule has 6 heteroatoms. The molecule has 0 aliphatic carbocycles. The number of aryl methyl sites for hydroxylation is 1. The zero-order valence-electron chi connectivity index (χ0n) is 10.8. The smallest absolute Gasteiger partial charge is 0.277 e. The molecule has 2 aromatic rings. The molecule has 0 saturated heterocycles. The van der Waals surface area contributed by atoms with Crippen LogP contribution in [0.4, 0.5) is 0 Å². The summed E-state index contributed by atoms with van der Waals surface area (Å²) in [7, 11) is 0. The molecule has 1 aromatic carbocycles. The Morgan fingerprint density at radius 2 is 2.21 bits per heavy atom. The van der Waals surface area contributed by atoms with Crippen molar-refractivity contribution >= 4 is 27.7 Å². The summed E-state index contributed by atoms with van der Waals surface area (Å²) < 4.78 is 6.48. The predicted octanol–water partition coefficient (Wildman–Crippen LogP) is 3.71.